The molecule has 0 saturated carbocycles. The number of benzene rings is 2. The monoisotopic (exact) mass is 265 g/mol. The van der Waals surface area contributed by atoms with Crippen LogP contribution in [0, 0.1) is 13.8 Å². The predicted octanol–water partition coefficient (Wildman–Crippen LogP) is 3.43. The molecule has 3 rings (SSSR count). The quantitative estimate of drug-likeness (QED) is 0.745. The minimum absolute atomic E-state index is 0.116. The van der Waals surface area contributed by atoms with E-state index in [9.17, 15) is 4.79 Å². The zero-order valence-electron chi connectivity index (χ0n) is 11.4. The van der Waals surface area contributed by atoms with E-state index >= 15 is 0 Å². The number of aromatic amines is 1. The van der Waals surface area contributed by atoms with Crippen molar-refractivity contribution in [3.8, 4) is 0 Å². The van der Waals surface area contributed by atoms with Crippen molar-refractivity contribution < 1.29 is 4.79 Å². The average Bonchev–Trinajstić information content (AvgIpc) is 2.90. The van der Waals surface area contributed by atoms with Crippen molar-refractivity contribution in [1.82, 2.24) is 10.2 Å². The van der Waals surface area contributed by atoms with Crippen molar-refractivity contribution in [2.75, 3.05) is 5.32 Å². The predicted molar refractivity (Wildman–Crippen MR) is 80.0 cm³/mol. The third-order valence-electron chi connectivity index (χ3n) is 3.35. The molecule has 1 amide bonds. The van der Waals surface area contributed by atoms with Gasteiger partial charge in [0.1, 0.15) is 0 Å². The third-order valence-corrected chi connectivity index (χ3v) is 3.35. The molecule has 0 aliphatic heterocycles. The van der Waals surface area contributed by atoms with Gasteiger partial charge in [0.25, 0.3) is 5.91 Å². The number of fused-ring (bicyclic) bond motifs is 1. The summed E-state index contributed by atoms with van der Waals surface area (Å²) in [6.07, 6.45) is 1.74. The van der Waals surface area contributed by atoms with Crippen LogP contribution in [0.4, 0.5) is 5.69 Å². The molecule has 1 heterocycles. The summed E-state index contributed by atoms with van der Waals surface area (Å²) < 4.78 is 0. The Morgan fingerprint density at radius 3 is 2.85 bits per heavy atom. The van der Waals surface area contributed by atoms with E-state index in [1.165, 1.54) is 0 Å². The van der Waals surface area contributed by atoms with E-state index in [-0.39, 0.29) is 5.91 Å². The summed E-state index contributed by atoms with van der Waals surface area (Å²) in [5.74, 6) is -0.116. The lowest BCUT2D eigenvalue weighted by Crippen LogP contribution is -2.12. The highest BCUT2D eigenvalue weighted by Gasteiger charge is 2.09. The van der Waals surface area contributed by atoms with Gasteiger partial charge in [0.05, 0.1) is 11.7 Å². The molecule has 20 heavy (non-hydrogen) atoms. The van der Waals surface area contributed by atoms with Gasteiger partial charge in [-0.1, -0.05) is 18.2 Å². The molecule has 0 aliphatic carbocycles. The van der Waals surface area contributed by atoms with Gasteiger partial charge in [0.2, 0.25) is 0 Å². The number of nitrogens with zero attached hydrogens (tertiary/aromatic N) is 1. The zero-order valence-corrected chi connectivity index (χ0v) is 11.4. The molecule has 0 radical (unpaired) electrons. The highest BCUT2D eigenvalue weighted by Crippen LogP contribution is 2.19. The Morgan fingerprint density at radius 1 is 1.15 bits per heavy atom. The smallest absolute Gasteiger partial charge is 0.255 e. The molecule has 2 N–H and O–H groups in total. The zero-order chi connectivity index (χ0) is 14.1. The maximum absolute atomic E-state index is 12.3. The first-order valence-electron chi connectivity index (χ1n) is 6.45. The van der Waals surface area contributed by atoms with Crippen LogP contribution in [0.1, 0.15) is 21.5 Å². The second-order valence-corrected chi connectivity index (χ2v) is 4.94. The molecule has 4 heteroatoms. The topological polar surface area (TPSA) is 57.8 Å². The lowest BCUT2D eigenvalue weighted by Gasteiger charge is -2.09. The van der Waals surface area contributed by atoms with Crippen LogP contribution in [0.5, 0.6) is 0 Å². The standard InChI is InChI=1S/C16H15N3O/c1-10-3-4-11(2)14(7-10)18-16(20)12-5-6-13-9-17-19-15(13)8-12/h3-9H,1-2H3,(H,17,19)(H,18,20). The molecule has 0 saturated heterocycles. The number of H-pyrrole nitrogens is 1. The van der Waals surface area contributed by atoms with Gasteiger partial charge in [-0.25, -0.2) is 0 Å². The molecule has 4 nitrogen and oxygen atoms in total. The maximum atomic E-state index is 12.3. The Bertz CT molecular complexity index is 789. The lowest BCUT2D eigenvalue weighted by molar-refractivity contribution is 0.102. The van der Waals surface area contributed by atoms with Crippen molar-refractivity contribution in [3.63, 3.8) is 0 Å². The van der Waals surface area contributed by atoms with Crippen LogP contribution >= 0.6 is 0 Å². The Kier molecular flexibility index (Phi) is 2.99. The van der Waals surface area contributed by atoms with Crippen LogP contribution in [-0.4, -0.2) is 16.1 Å². The fraction of sp³-hybridized carbons (Fsp3) is 0.125. The second-order valence-electron chi connectivity index (χ2n) is 4.94. The van der Waals surface area contributed by atoms with Crippen LogP contribution < -0.4 is 5.32 Å². The molecular weight excluding hydrogens is 250 g/mol. The van der Waals surface area contributed by atoms with Crippen molar-refractivity contribution >= 4 is 22.5 Å². The molecule has 3 aromatic rings. The highest BCUT2D eigenvalue weighted by atomic mass is 16.1. The van der Waals surface area contributed by atoms with Gasteiger partial charge in [0.15, 0.2) is 0 Å². The van der Waals surface area contributed by atoms with Crippen molar-refractivity contribution in [1.29, 1.82) is 0 Å². The van der Waals surface area contributed by atoms with E-state index < -0.39 is 0 Å². The molecule has 0 unspecified atom stereocenters. The van der Waals surface area contributed by atoms with E-state index in [0.717, 1.165) is 27.7 Å². The first kappa shape index (κ1) is 12.4. The minimum atomic E-state index is -0.116. The van der Waals surface area contributed by atoms with Crippen LogP contribution in [-0.2, 0) is 0 Å². The van der Waals surface area contributed by atoms with Crippen LogP contribution in [0.15, 0.2) is 42.6 Å². The summed E-state index contributed by atoms with van der Waals surface area (Å²) in [5, 5.41) is 10.8. The first-order valence-corrected chi connectivity index (χ1v) is 6.45. The minimum Gasteiger partial charge on any atom is -0.322 e. The number of nitrogens with one attached hydrogen (secondary N) is 2. The fourth-order valence-corrected chi connectivity index (χ4v) is 2.14. The molecule has 1 aromatic heterocycles. The summed E-state index contributed by atoms with van der Waals surface area (Å²) in [6.45, 7) is 3.99. The Hall–Kier alpha value is -2.62. The molecular formula is C16H15N3O. The van der Waals surface area contributed by atoms with Crippen LogP contribution in [0.2, 0.25) is 0 Å². The summed E-state index contributed by atoms with van der Waals surface area (Å²) in [7, 11) is 0. The molecule has 0 fully saturated rings. The summed E-state index contributed by atoms with van der Waals surface area (Å²) in [4.78, 5) is 12.3. The molecule has 100 valence electrons. The SMILES string of the molecule is Cc1ccc(C)c(NC(=O)c2ccc3cn[nH]c3c2)c1. The van der Waals surface area contributed by atoms with E-state index in [0.29, 0.717) is 5.56 Å². The van der Waals surface area contributed by atoms with Gasteiger partial charge in [-0.15, -0.1) is 0 Å². The first-order chi connectivity index (χ1) is 9.63. The number of hydrogen-bond acceptors (Lipinski definition) is 2. The highest BCUT2D eigenvalue weighted by molar-refractivity contribution is 6.06. The van der Waals surface area contributed by atoms with Crippen molar-refractivity contribution in [3.05, 3.63) is 59.3 Å². The number of carbonyl (C=O) groups is 1. The number of amides is 1. The molecule has 0 bridgehead atoms. The number of carbonyl (C=O) groups excluding carboxylic acids is 1. The van der Waals surface area contributed by atoms with Crippen molar-refractivity contribution in [2.45, 2.75) is 13.8 Å². The number of aromatic nitrogens is 2. The van der Waals surface area contributed by atoms with E-state index in [1.807, 2.05) is 44.2 Å². The lowest BCUT2D eigenvalue weighted by atomic mass is 10.1. The maximum Gasteiger partial charge on any atom is 0.255 e. The van der Waals surface area contributed by atoms with Gasteiger partial charge in [-0.2, -0.15) is 5.10 Å². The Balaban J connectivity index is 1.90. The molecule has 0 spiro atoms. The Labute approximate surface area is 116 Å². The van der Waals surface area contributed by atoms with E-state index in [1.54, 1.807) is 12.3 Å². The Morgan fingerprint density at radius 2 is 2.00 bits per heavy atom. The number of aryl methyl sites for hydroxylation is 2. The van der Waals surface area contributed by atoms with Gasteiger partial charge < -0.3 is 5.32 Å². The molecule has 0 aliphatic rings. The molecule has 2 aromatic carbocycles. The molecule has 0 atom stereocenters. The summed E-state index contributed by atoms with van der Waals surface area (Å²) in [5.41, 5.74) is 4.49. The second kappa shape index (κ2) is 4.81. The van der Waals surface area contributed by atoms with Crippen molar-refractivity contribution in [2.24, 2.45) is 0 Å². The number of hydrogen-bond donors (Lipinski definition) is 2. The number of rotatable bonds is 2. The van der Waals surface area contributed by atoms with Crippen LogP contribution in [0.3, 0.4) is 0 Å². The van der Waals surface area contributed by atoms with Gasteiger partial charge in [-0.05, 0) is 43.2 Å². The normalized spacial score (nSPS) is 10.7. The van der Waals surface area contributed by atoms with Gasteiger partial charge in [0, 0.05) is 16.6 Å². The number of anilines is 1. The van der Waals surface area contributed by atoms with Gasteiger partial charge >= 0.3 is 0 Å². The fourth-order valence-electron chi connectivity index (χ4n) is 2.14. The van der Waals surface area contributed by atoms with Gasteiger partial charge in [-0.3, -0.25) is 9.89 Å². The van der Waals surface area contributed by atoms with E-state index in [2.05, 4.69) is 15.5 Å². The summed E-state index contributed by atoms with van der Waals surface area (Å²) in [6, 6.07) is 11.5. The van der Waals surface area contributed by atoms with E-state index in [4.69, 9.17) is 0 Å². The summed E-state index contributed by atoms with van der Waals surface area (Å²) >= 11 is 0. The largest absolute Gasteiger partial charge is 0.322 e. The average molecular weight is 265 g/mol. The third kappa shape index (κ3) is 2.28. The van der Waals surface area contributed by atoms with Crippen LogP contribution in [0.25, 0.3) is 10.9 Å².